The van der Waals surface area contributed by atoms with Crippen LogP contribution in [0.5, 0.6) is 0 Å². The van der Waals surface area contributed by atoms with Crippen molar-refractivity contribution in [2.24, 2.45) is 5.73 Å². The molecule has 0 aromatic carbocycles. The second kappa shape index (κ2) is 7.11. The van der Waals surface area contributed by atoms with E-state index in [1.165, 1.54) is 0 Å². The fraction of sp³-hybridized carbons (Fsp3) is 0.231. The van der Waals surface area contributed by atoms with Crippen LogP contribution in [0, 0.1) is 0 Å². The summed E-state index contributed by atoms with van der Waals surface area (Å²) in [6.45, 7) is 3.90. The van der Waals surface area contributed by atoms with Crippen LogP contribution in [0.25, 0.3) is 5.70 Å². The molecule has 0 aliphatic rings. The van der Waals surface area contributed by atoms with Gasteiger partial charge in [0, 0.05) is 18.1 Å². The minimum absolute atomic E-state index is 0.510. The number of amides is 1. The van der Waals surface area contributed by atoms with Crippen molar-refractivity contribution in [2.75, 3.05) is 0 Å². The molecule has 0 saturated heterocycles. The Balaban J connectivity index is 2.85. The zero-order chi connectivity index (χ0) is 13.4. The van der Waals surface area contributed by atoms with Crippen LogP contribution in [0.1, 0.15) is 20.3 Å². The molecular formula is C13H18N4O. The van der Waals surface area contributed by atoms with Gasteiger partial charge in [-0.15, -0.1) is 0 Å². The predicted octanol–water partition coefficient (Wildman–Crippen LogP) is 1.63. The Hall–Kier alpha value is -2.30. The van der Waals surface area contributed by atoms with Crippen molar-refractivity contribution in [1.29, 1.82) is 0 Å². The van der Waals surface area contributed by atoms with Crippen molar-refractivity contribution >= 4 is 12.1 Å². The molecule has 96 valence electrons. The summed E-state index contributed by atoms with van der Waals surface area (Å²) in [6.07, 6.45) is 10.4. The zero-order valence-electron chi connectivity index (χ0n) is 10.6. The lowest BCUT2D eigenvalue weighted by molar-refractivity contribution is -0.108. The van der Waals surface area contributed by atoms with Crippen LogP contribution in [-0.4, -0.2) is 16.2 Å². The third-order valence-electron chi connectivity index (χ3n) is 2.30. The maximum absolute atomic E-state index is 10.5. The number of aromatic nitrogens is 2. The lowest BCUT2D eigenvalue weighted by Crippen LogP contribution is -2.16. The van der Waals surface area contributed by atoms with Crippen LogP contribution in [0.4, 0.5) is 0 Å². The standard InChI is InChI=1S/C13H18N4O/c1-3-5-13(15-10-18)12(14)7-6-11(2)17-9-4-8-16-17/h4-10H,3,14H2,1-2H3,(H,15,18)/b11-6+,12-7+,13-5-. The molecule has 5 nitrogen and oxygen atoms in total. The Morgan fingerprint density at radius 2 is 2.28 bits per heavy atom. The van der Waals surface area contributed by atoms with Gasteiger partial charge in [-0.3, -0.25) is 4.79 Å². The minimum atomic E-state index is 0.510. The molecule has 0 radical (unpaired) electrons. The van der Waals surface area contributed by atoms with E-state index in [2.05, 4.69) is 10.4 Å². The first-order valence-electron chi connectivity index (χ1n) is 5.73. The second-order valence-corrected chi connectivity index (χ2v) is 3.67. The van der Waals surface area contributed by atoms with Gasteiger partial charge in [-0.05, 0) is 31.6 Å². The highest BCUT2D eigenvalue weighted by Crippen LogP contribution is 2.05. The van der Waals surface area contributed by atoms with E-state index in [0.717, 1.165) is 12.1 Å². The summed E-state index contributed by atoms with van der Waals surface area (Å²) in [6, 6.07) is 1.85. The fourth-order valence-electron chi connectivity index (χ4n) is 1.38. The summed E-state index contributed by atoms with van der Waals surface area (Å²) in [5.74, 6) is 0. The number of carbonyl (C=O) groups is 1. The molecule has 0 fully saturated rings. The topological polar surface area (TPSA) is 72.9 Å². The molecule has 0 saturated carbocycles. The van der Waals surface area contributed by atoms with Crippen molar-refractivity contribution < 1.29 is 4.79 Å². The lowest BCUT2D eigenvalue weighted by Gasteiger charge is -2.05. The molecule has 0 unspecified atom stereocenters. The molecule has 0 bridgehead atoms. The molecule has 0 atom stereocenters. The normalized spacial score (nSPS) is 13.6. The van der Waals surface area contributed by atoms with Crippen molar-refractivity contribution in [3.8, 4) is 0 Å². The van der Waals surface area contributed by atoms with Crippen LogP contribution >= 0.6 is 0 Å². The van der Waals surface area contributed by atoms with E-state index in [4.69, 9.17) is 5.73 Å². The SMILES string of the molecule is CC/C=C(NC=O)/C(N)=C\C=C(/C)n1cccn1. The van der Waals surface area contributed by atoms with Crippen LogP contribution in [0.15, 0.2) is 48.1 Å². The quantitative estimate of drug-likeness (QED) is 0.592. The van der Waals surface area contributed by atoms with Crippen LogP contribution in [-0.2, 0) is 4.79 Å². The highest BCUT2D eigenvalue weighted by Gasteiger charge is 1.98. The number of allylic oxidation sites excluding steroid dienone is 4. The molecule has 0 spiro atoms. The molecule has 1 aromatic heterocycles. The molecular weight excluding hydrogens is 228 g/mol. The number of nitrogens with two attached hydrogens (primary N) is 1. The van der Waals surface area contributed by atoms with E-state index in [0.29, 0.717) is 17.8 Å². The van der Waals surface area contributed by atoms with E-state index < -0.39 is 0 Å². The van der Waals surface area contributed by atoms with E-state index >= 15 is 0 Å². The lowest BCUT2D eigenvalue weighted by atomic mass is 10.2. The maximum Gasteiger partial charge on any atom is 0.211 e. The van der Waals surface area contributed by atoms with Gasteiger partial charge in [0.05, 0.1) is 11.4 Å². The van der Waals surface area contributed by atoms with Gasteiger partial charge >= 0.3 is 0 Å². The van der Waals surface area contributed by atoms with Gasteiger partial charge in [0.1, 0.15) is 0 Å². The molecule has 1 amide bonds. The molecule has 5 heteroatoms. The average molecular weight is 246 g/mol. The van der Waals surface area contributed by atoms with E-state index in [1.54, 1.807) is 17.0 Å². The van der Waals surface area contributed by atoms with Gasteiger partial charge in [0.2, 0.25) is 6.41 Å². The number of hydrogen-bond acceptors (Lipinski definition) is 3. The van der Waals surface area contributed by atoms with E-state index in [9.17, 15) is 4.79 Å². The first-order chi connectivity index (χ1) is 8.69. The number of carbonyl (C=O) groups excluding carboxylic acids is 1. The van der Waals surface area contributed by atoms with Crippen molar-refractivity contribution in [2.45, 2.75) is 20.3 Å². The first kappa shape index (κ1) is 13.8. The van der Waals surface area contributed by atoms with E-state index in [-0.39, 0.29) is 0 Å². The Morgan fingerprint density at radius 1 is 1.50 bits per heavy atom. The number of rotatable bonds is 6. The van der Waals surface area contributed by atoms with Crippen LogP contribution < -0.4 is 11.1 Å². The molecule has 1 rings (SSSR count). The average Bonchev–Trinajstić information content (AvgIpc) is 2.89. The largest absolute Gasteiger partial charge is 0.397 e. The predicted molar refractivity (Wildman–Crippen MR) is 72.0 cm³/mol. The number of nitrogens with zero attached hydrogens (tertiary/aromatic N) is 2. The maximum atomic E-state index is 10.5. The summed E-state index contributed by atoms with van der Waals surface area (Å²) in [7, 11) is 0. The Morgan fingerprint density at radius 3 is 2.83 bits per heavy atom. The van der Waals surface area contributed by atoms with Crippen LogP contribution in [0.3, 0.4) is 0 Å². The van der Waals surface area contributed by atoms with Crippen molar-refractivity contribution in [1.82, 2.24) is 15.1 Å². The van der Waals surface area contributed by atoms with Gasteiger partial charge < -0.3 is 11.1 Å². The van der Waals surface area contributed by atoms with Crippen LogP contribution in [0.2, 0.25) is 0 Å². The summed E-state index contributed by atoms with van der Waals surface area (Å²) in [5, 5.41) is 6.68. The van der Waals surface area contributed by atoms with Gasteiger partial charge in [0.25, 0.3) is 0 Å². The molecule has 0 aliphatic heterocycles. The first-order valence-corrected chi connectivity index (χ1v) is 5.73. The fourth-order valence-corrected chi connectivity index (χ4v) is 1.38. The van der Waals surface area contributed by atoms with Gasteiger partial charge in [-0.25, -0.2) is 4.68 Å². The van der Waals surface area contributed by atoms with Gasteiger partial charge in [0.15, 0.2) is 0 Å². The monoisotopic (exact) mass is 246 g/mol. The highest BCUT2D eigenvalue weighted by molar-refractivity contribution is 5.54. The Bertz CT molecular complexity index is 469. The molecule has 0 aliphatic carbocycles. The third kappa shape index (κ3) is 3.93. The summed E-state index contributed by atoms with van der Waals surface area (Å²) in [4.78, 5) is 10.5. The van der Waals surface area contributed by atoms with Gasteiger partial charge in [-0.2, -0.15) is 5.10 Å². The van der Waals surface area contributed by atoms with Crippen molar-refractivity contribution in [3.05, 3.63) is 48.1 Å². The highest BCUT2D eigenvalue weighted by atomic mass is 16.1. The summed E-state index contributed by atoms with van der Waals surface area (Å²) in [5.41, 5.74) is 7.96. The van der Waals surface area contributed by atoms with Gasteiger partial charge in [-0.1, -0.05) is 13.0 Å². The summed E-state index contributed by atoms with van der Waals surface area (Å²) >= 11 is 0. The Kier molecular flexibility index (Phi) is 5.44. The summed E-state index contributed by atoms with van der Waals surface area (Å²) < 4.78 is 1.74. The second-order valence-electron chi connectivity index (χ2n) is 3.67. The minimum Gasteiger partial charge on any atom is -0.397 e. The smallest absolute Gasteiger partial charge is 0.211 e. The molecule has 1 aromatic rings. The molecule has 1 heterocycles. The molecule has 3 N–H and O–H groups in total. The molecule has 18 heavy (non-hydrogen) atoms. The third-order valence-corrected chi connectivity index (χ3v) is 2.30. The Labute approximate surface area is 107 Å². The zero-order valence-corrected chi connectivity index (χ0v) is 10.6. The number of nitrogens with one attached hydrogen (secondary N) is 1. The van der Waals surface area contributed by atoms with E-state index in [1.807, 2.05) is 38.3 Å². The number of hydrogen-bond donors (Lipinski definition) is 2. The van der Waals surface area contributed by atoms with Crippen molar-refractivity contribution in [3.63, 3.8) is 0 Å².